The molecule has 0 unspecified atom stereocenters. The zero-order valence-electron chi connectivity index (χ0n) is 10.7. The molecule has 1 aliphatic rings. The molecule has 0 amide bonds. The zero-order chi connectivity index (χ0) is 12.8. The fraction of sp³-hybridized carbons (Fsp3) is 0.467. The van der Waals surface area contributed by atoms with Crippen LogP contribution in [0.3, 0.4) is 0 Å². The molecular weight excluding hydrogens is 212 g/mol. The molecule has 1 aromatic rings. The first kappa shape index (κ1) is 12.2. The summed E-state index contributed by atoms with van der Waals surface area (Å²) in [6, 6.07) is 5.69. The first-order valence-corrected chi connectivity index (χ1v) is 6.00. The summed E-state index contributed by atoms with van der Waals surface area (Å²) in [5.74, 6) is 0.298. The van der Waals surface area contributed by atoms with Gasteiger partial charge >= 0.3 is 0 Å². The monoisotopic (exact) mass is 232 g/mol. The van der Waals surface area contributed by atoms with E-state index in [2.05, 4.69) is 6.58 Å². The average Bonchev–Trinajstić information content (AvgIpc) is 2.43. The van der Waals surface area contributed by atoms with E-state index in [1.165, 1.54) is 0 Å². The van der Waals surface area contributed by atoms with Crippen molar-refractivity contribution in [1.29, 1.82) is 0 Å². The molecule has 0 heterocycles. The molecule has 2 rings (SSSR count). The molecule has 1 saturated carbocycles. The van der Waals surface area contributed by atoms with Gasteiger partial charge in [-0.1, -0.05) is 25.6 Å². The number of hydrogen-bond acceptors (Lipinski definition) is 2. The first-order valence-electron chi connectivity index (χ1n) is 6.00. The Balaban J connectivity index is 2.50. The number of aliphatic hydroxyl groups is 1. The van der Waals surface area contributed by atoms with E-state index in [9.17, 15) is 10.2 Å². The lowest BCUT2D eigenvalue weighted by Crippen LogP contribution is -2.28. The lowest BCUT2D eigenvalue weighted by atomic mass is 9.76. The highest BCUT2D eigenvalue weighted by Crippen LogP contribution is 2.51. The van der Waals surface area contributed by atoms with Crippen molar-refractivity contribution in [2.75, 3.05) is 0 Å². The smallest absolute Gasteiger partial charge is 0.119 e. The van der Waals surface area contributed by atoms with Gasteiger partial charge in [-0.25, -0.2) is 0 Å². The molecule has 2 heteroatoms. The summed E-state index contributed by atoms with van der Waals surface area (Å²) in [5, 5.41) is 20.3. The Kier molecular flexibility index (Phi) is 2.58. The third kappa shape index (κ3) is 1.77. The fourth-order valence-corrected chi connectivity index (χ4v) is 2.80. The molecule has 0 spiro atoms. The maximum atomic E-state index is 10.2. The van der Waals surface area contributed by atoms with E-state index in [0.717, 1.165) is 23.1 Å². The highest BCUT2D eigenvalue weighted by molar-refractivity contribution is 5.49. The SMILES string of the molecule is C=C1[C@](C)(O)CC[C@@]1(C)c1ccc(C)cc1O. The van der Waals surface area contributed by atoms with Gasteiger partial charge in [0, 0.05) is 11.0 Å². The maximum Gasteiger partial charge on any atom is 0.119 e. The maximum absolute atomic E-state index is 10.2. The second-order valence-corrected chi connectivity index (χ2v) is 5.61. The number of benzene rings is 1. The summed E-state index contributed by atoms with van der Waals surface area (Å²) in [7, 11) is 0. The zero-order valence-corrected chi connectivity index (χ0v) is 10.7. The van der Waals surface area contributed by atoms with Gasteiger partial charge in [0.25, 0.3) is 0 Å². The van der Waals surface area contributed by atoms with Crippen molar-refractivity contribution in [3.8, 4) is 5.75 Å². The molecule has 2 atom stereocenters. The minimum Gasteiger partial charge on any atom is -0.508 e. The predicted octanol–water partition coefficient (Wildman–Crippen LogP) is 3.06. The van der Waals surface area contributed by atoms with Crippen LogP contribution in [0, 0.1) is 6.92 Å². The van der Waals surface area contributed by atoms with E-state index in [1.54, 1.807) is 13.0 Å². The molecule has 92 valence electrons. The standard InChI is InChI=1S/C15H20O2/c1-10-5-6-12(13(16)9-10)14(3)7-8-15(4,17)11(14)2/h5-6,9,16-17H,2,7-8H2,1,3-4H3/t14-,15-/m1/s1. The van der Waals surface area contributed by atoms with Gasteiger partial charge in [-0.2, -0.15) is 0 Å². The quantitative estimate of drug-likeness (QED) is 0.731. The summed E-state index contributed by atoms with van der Waals surface area (Å²) in [4.78, 5) is 0. The Hall–Kier alpha value is -1.28. The van der Waals surface area contributed by atoms with E-state index < -0.39 is 5.60 Å². The Morgan fingerprint density at radius 3 is 2.35 bits per heavy atom. The molecule has 1 aromatic carbocycles. The Bertz CT molecular complexity index is 474. The van der Waals surface area contributed by atoms with E-state index >= 15 is 0 Å². The first-order chi connectivity index (χ1) is 7.77. The number of aryl methyl sites for hydroxylation is 1. The number of hydrogen-bond donors (Lipinski definition) is 2. The van der Waals surface area contributed by atoms with Crippen molar-refractivity contribution in [1.82, 2.24) is 0 Å². The minimum atomic E-state index is -0.827. The highest BCUT2D eigenvalue weighted by Gasteiger charge is 2.47. The predicted molar refractivity (Wildman–Crippen MR) is 69.2 cm³/mol. The van der Waals surface area contributed by atoms with Gasteiger partial charge in [-0.15, -0.1) is 0 Å². The molecule has 0 saturated heterocycles. The summed E-state index contributed by atoms with van der Waals surface area (Å²) < 4.78 is 0. The van der Waals surface area contributed by atoms with Crippen LogP contribution >= 0.6 is 0 Å². The summed E-state index contributed by atoms with van der Waals surface area (Å²) in [6.07, 6.45) is 1.51. The summed E-state index contributed by atoms with van der Waals surface area (Å²) in [5.41, 5.74) is 1.54. The van der Waals surface area contributed by atoms with Crippen molar-refractivity contribution >= 4 is 0 Å². The Labute approximate surface area is 103 Å². The minimum absolute atomic E-state index is 0.298. The van der Waals surface area contributed by atoms with Gasteiger partial charge in [0.2, 0.25) is 0 Å². The van der Waals surface area contributed by atoms with Crippen molar-refractivity contribution in [2.45, 2.75) is 44.6 Å². The van der Waals surface area contributed by atoms with Gasteiger partial charge < -0.3 is 10.2 Å². The molecule has 0 aliphatic heterocycles. The molecule has 0 aromatic heterocycles. The van der Waals surface area contributed by atoms with Crippen LogP contribution in [0.1, 0.15) is 37.8 Å². The lowest BCUT2D eigenvalue weighted by molar-refractivity contribution is 0.105. The third-order valence-corrected chi connectivity index (χ3v) is 4.18. The molecule has 17 heavy (non-hydrogen) atoms. The van der Waals surface area contributed by atoms with Crippen molar-refractivity contribution in [3.05, 3.63) is 41.5 Å². The summed E-state index contributed by atoms with van der Waals surface area (Å²) in [6.45, 7) is 9.83. The molecule has 2 nitrogen and oxygen atoms in total. The fourth-order valence-electron chi connectivity index (χ4n) is 2.80. The molecule has 2 N–H and O–H groups in total. The number of aromatic hydroxyl groups is 1. The second-order valence-electron chi connectivity index (χ2n) is 5.61. The molecule has 0 bridgehead atoms. The van der Waals surface area contributed by atoms with Crippen molar-refractivity contribution in [3.63, 3.8) is 0 Å². The average molecular weight is 232 g/mol. The van der Waals surface area contributed by atoms with Crippen LogP contribution in [0.5, 0.6) is 5.75 Å². The molecule has 1 fully saturated rings. The summed E-state index contributed by atoms with van der Waals surface area (Å²) >= 11 is 0. The number of phenolic OH excluding ortho intramolecular Hbond substituents is 1. The van der Waals surface area contributed by atoms with Gasteiger partial charge in [0.15, 0.2) is 0 Å². The normalized spacial score (nSPS) is 33.1. The van der Waals surface area contributed by atoms with Gasteiger partial charge in [0.1, 0.15) is 5.75 Å². The van der Waals surface area contributed by atoms with Crippen LogP contribution in [0.15, 0.2) is 30.4 Å². The third-order valence-electron chi connectivity index (χ3n) is 4.18. The van der Waals surface area contributed by atoms with Crippen molar-refractivity contribution in [2.24, 2.45) is 0 Å². The van der Waals surface area contributed by atoms with E-state index in [-0.39, 0.29) is 5.41 Å². The van der Waals surface area contributed by atoms with E-state index in [0.29, 0.717) is 12.2 Å². The second kappa shape index (κ2) is 3.61. The van der Waals surface area contributed by atoms with Crippen LogP contribution in [0.2, 0.25) is 0 Å². The molecule has 0 radical (unpaired) electrons. The van der Waals surface area contributed by atoms with Gasteiger partial charge in [-0.05, 0) is 43.9 Å². The van der Waals surface area contributed by atoms with E-state index in [1.807, 2.05) is 26.0 Å². The highest BCUT2D eigenvalue weighted by atomic mass is 16.3. The van der Waals surface area contributed by atoms with Gasteiger partial charge in [0.05, 0.1) is 5.60 Å². The lowest BCUT2D eigenvalue weighted by Gasteiger charge is -2.30. The Morgan fingerprint density at radius 2 is 1.88 bits per heavy atom. The van der Waals surface area contributed by atoms with Crippen molar-refractivity contribution < 1.29 is 10.2 Å². The largest absolute Gasteiger partial charge is 0.508 e. The van der Waals surface area contributed by atoms with Crippen LogP contribution in [0.4, 0.5) is 0 Å². The van der Waals surface area contributed by atoms with Crippen LogP contribution < -0.4 is 0 Å². The number of rotatable bonds is 1. The Morgan fingerprint density at radius 1 is 1.24 bits per heavy atom. The van der Waals surface area contributed by atoms with Gasteiger partial charge in [-0.3, -0.25) is 0 Å². The van der Waals surface area contributed by atoms with E-state index in [4.69, 9.17) is 0 Å². The topological polar surface area (TPSA) is 40.5 Å². The molecule has 1 aliphatic carbocycles. The van der Waals surface area contributed by atoms with Crippen LogP contribution in [-0.2, 0) is 5.41 Å². The van der Waals surface area contributed by atoms with Crippen LogP contribution in [-0.4, -0.2) is 15.8 Å². The van der Waals surface area contributed by atoms with Crippen LogP contribution in [0.25, 0.3) is 0 Å². The molecular formula is C15H20O2. The number of phenols is 1.